The van der Waals surface area contributed by atoms with Crippen molar-refractivity contribution >= 4 is 23.6 Å². The number of nitrogens with two attached hydrogens (primary N) is 1. The van der Waals surface area contributed by atoms with Crippen LogP contribution in [0.5, 0.6) is 0 Å². The Bertz CT molecular complexity index is 465. The normalized spacial score (nSPS) is 11.9. The van der Waals surface area contributed by atoms with E-state index in [2.05, 4.69) is 5.32 Å². The largest absolute Gasteiger partial charge is 0.365 e. The molecule has 0 spiro atoms. The highest BCUT2D eigenvalue weighted by atomic mass is 32.2. The van der Waals surface area contributed by atoms with Crippen LogP contribution in [0.15, 0.2) is 18.2 Å². The van der Waals surface area contributed by atoms with Crippen LogP contribution in [0.3, 0.4) is 0 Å². The summed E-state index contributed by atoms with van der Waals surface area (Å²) in [6, 6.07) is 3.78. The SMILES string of the molecule is CSCC(C)NC(=O)c1cccc(F)c1C(N)=O. The van der Waals surface area contributed by atoms with Gasteiger partial charge in [-0.1, -0.05) is 6.07 Å². The molecule has 0 aliphatic carbocycles. The van der Waals surface area contributed by atoms with E-state index in [0.717, 1.165) is 11.8 Å². The Morgan fingerprint density at radius 1 is 1.50 bits per heavy atom. The number of benzene rings is 1. The zero-order valence-electron chi connectivity index (χ0n) is 10.2. The summed E-state index contributed by atoms with van der Waals surface area (Å²) >= 11 is 1.58. The summed E-state index contributed by atoms with van der Waals surface area (Å²) in [6.45, 7) is 1.83. The zero-order chi connectivity index (χ0) is 13.7. The first-order valence-corrected chi connectivity index (χ1v) is 6.74. The molecule has 1 rings (SSSR count). The Morgan fingerprint density at radius 3 is 2.72 bits per heavy atom. The fourth-order valence-electron chi connectivity index (χ4n) is 1.56. The molecule has 1 atom stereocenters. The number of thioether (sulfide) groups is 1. The number of amides is 2. The highest BCUT2D eigenvalue weighted by molar-refractivity contribution is 7.98. The van der Waals surface area contributed by atoms with Crippen LogP contribution in [0.1, 0.15) is 27.6 Å². The van der Waals surface area contributed by atoms with Gasteiger partial charge in [0.05, 0.1) is 11.1 Å². The van der Waals surface area contributed by atoms with Crippen molar-refractivity contribution in [1.82, 2.24) is 5.32 Å². The van der Waals surface area contributed by atoms with Crippen LogP contribution in [0.25, 0.3) is 0 Å². The number of carbonyl (C=O) groups excluding carboxylic acids is 2. The fraction of sp³-hybridized carbons (Fsp3) is 0.333. The predicted octanol–water partition coefficient (Wildman–Crippen LogP) is 1.41. The first-order chi connectivity index (χ1) is 8.47. The second kappa shape index (κ2) is 6.39. The van der Waals surface area contributed by atoms with E-state index < -0.39 is 17.6 Å². The molecular weight excluding hydrogens is 255 g/mol. The minimum Gasteiger partial charge on any atom is -0.365 e. The zero-order valence-corrected chi connectivity index (χ0v) is 11.0. The lowest BCUT2D eigenvalue weighted by atomic mass is 10.1. The lowest BCUT2D eigenvalue weighted by Gasteiger charge is -2.14. The highest BCUT2D eigenvalue weighted by Gasteiger charge is 2.20. The molecule has 0 aliphatic rings. The third-order valence-corrected chi connectivity index (χ3v) is 3.13. The molecule has 0 saturated carbocycles. The molecule has 0 fully saturated rings. The maximum absolute atomic E-state index is 13.5. The third-order valence-electron chi connectivity index (χ3n) is 2.30. The van der Waals surface area contributed by atoms with Gasteiger partial charge in [-0.3, -0.25) is 9.59 Å². The molecule has 1 aromatic rings. The number of hydrogen-bond acceptors (Lipinski definition) is 3. The topological polar surface area (TPSA) is 72.2 Å². The molecular formula is C12H15FN2O2S. The van der Waals surface area contributed by atoms with E-state index >= 15 is 0 Å². The van der Waals surface area contributed by atoms with Crippen molar-refractivity contribution in [2.75, 3.05) is 12.0 Å². The van der Waals surface area contributed by atoms with Gasteiger partial charge < -0.3 is 11.1 Å². The Labute approximate surface area is 109 Å². The molecule has 0 radical (unpaired) electrons. The van der Waals surface area contributed by atoms with E-state index in [1.807, 2.05) is 13.2 Å². The first kappa shape index (κ1) is 14.5. The monoisotopic (exact) mass is 270 g/mol. The third kappa shape index (κ3) is 3.46. The number of nitrogens with one attached hydrogen (secondary N) is 1. The van der Waals surface area contributed by atoms with Crippen molar-refractivity contribution in [3.63, 3.8) is 0 Å². The fourth-order valence-corrected chi connectivity index (χ4v) is 2.14. The molecule has 0 bridgehead atoms. The lowest BCUT2D eigenvalue weighted by molar-refractivity contribution is 0.0925. The number of hydrogen-bond donors (Lipinski definition) is 2. The molecule has 2 amide bonds. The van der Waals surface area contributed by atoms with Gasteiger partial charge in [0.2, 0.25) is 0 Å². The van der Waals surface area contributed by atoms with E-state index in [1.54, 1.807) is 11.8 Å². The van der Waals surface area contributed by atoms with E-state index in [0.29, 0.717) is 0 Å². The van der Waals surface area contributed by atoms with Gasteiger partial charge >= 0.3 is 0 Å². The van der Waals surface area contributed by atoms with Crippen LogP contribution in [0.4, 0.5) is 4.39 Å². The van der Waals surface area contributed by atoms with Crippen molar-refractivity contribution < 1.29 is 14.0 Å². The highest BCUT2D eigenvalue weighted by Crippen LogP contribution is 2.13. The van der Waals surface area contributed by atoms with Gasteiger partial charge in [0.15, 0.2) is 0 Å². The second-order valence-corrected chi connectivity index (χ2v) is 4.77. The van der Waals surface area contributed by atoms with E-state index in [1.165, 1.54) is 12.1 Å². The average molecular weight is 270 g/mol. The molecule has 0 saturated heterocycles. The van der Waals surface area contributed by atoms with Gasteiger partial charge in [0.1, 0.15) is 5.82 Å². The molecule has 4 nitrogen and oxygen atoms in total. The van der Waals surface area contributed by atoms with Crippen LogP contribution in [-0.4, -0.2) is 29.9 Å². The van der Waals surface area contributed by atoms with Crippen molar-refractivity contribution in [2.24, 2.45) is 5.73 Å². The molecule has 1 aromatic carbocycles. The Balaban J connectivity index is 2.99. The quantitative estimate of drug-likeness (QED) is 0.849. The summed E-state index contributed by atoms with van der Waals surface area (Å²) in [5.74, 6) is -1.50. The number of halogens is 1. The first-order valence-electron chi connectivity index (χ1n) is 5.35. The van der Waals surface area contributed by atoms with Crippen molar-refractivity contribution in [1.29, 1.82) is 0 Å². The average Bonchev–Trinajstić information content (AvgIpc) is 2.28. The number of carbonyl (C=O) groups is 2. The van der Waals surface area contributed by atoms with Gasteiger partial charge in [-0.2, -0.15) is 11.8 Å². The minimum absolute atomic E-state index is 0.0320. The molecule has 0 aromatic heterocycles. The summed E-state index contributed by atoms with van der Waals surface area (Å²) in [5, 5.41) is 2.69. The van der Waals surface area contributed by atoms with Gasteiger partial charge in [0, 0.05) is 11.8 Å². The minimum atomic E-state index is -0.948. The van der Waals surface area contributed by atoms with Gasteiger partial charge in [-0.05, 0) is 25.3 Å². The van der Waals surface area contributed by atoms with Gasteiger partial charge in [-0.25, -0.2) is 4.39 Å². The molecule has 6 heteroatoms. The van der Waals surface area contributed by atoms with Crippen LogP contribution >= 0.6 is 11.8 Å². The Morgan fingerprint density at radius 2 is 2.17 bits per heavy atom. The van der Waals surface area contributed by atoms with Gasteiger partial charge in [-0.15, -0.1) is 0 Å². The van der Waals surface area contributed by atoms with Crippen molar-refractivity contribution in [3.05, 3.63) is 35.1 Å². The van der Waals surface area contributed by atoms with Gasteiger partial charge in [0.25, 0.3) is 11.8 Å². The summed E-state index contributed by atoms with van der Waals surface area (Å²) in [5.41, 5.74) is 4.68. The van der Waals surface area contributed by atoms with Crippen molar-refractivity contribution in [3.8, 4) is 0 Å². The summed E-state index contributed by atoms with van der Waals surface area (Å²) in [7, 11) is 0. The lowest BCUT2D eigenvalue weighted by Crippen LogP contribution is -2.35. The van der Waals surface area contributed by atoms with Crippen molar-refractivity contribution in [2.45, 2.75) is 13.0 Å². The molecule has 0 heterocycles. The van der Waals surface area contributed by atoms with Crippen LogP contribution < -0.4 is 11.1 Å². The molecule has 1 unspecified atom stereocenters. The number of primary amides is 1. The molecule has 18 heavy (non-hydrogen) atoms. The van der Waals surface area contributed by atoms with E-state index in [4.69, 9.17) is 5.73 Å². The molecule has 3 N–H and O–H groups in total. The Kier molecular flexibility index (Phi) is 5.15. The van der Waals surface area contributed by atoms with Crippen LogP contribution in [-0.2, 0) is 0 Å². The van der Waals surface area contributed by atoms with E-state index in [-0.39, 0.29) is 17.2 Å². The molecule has 0 aliphatic heterocycles. The summed E-state index contributed by atoms with van der Waals surface area (Å²) in [6.07, 6.45) is 1.92. The van der Waals surface area contributed by atoms with E-state index in [9.17, 15) is 14.0 Å². The Hall–Kier alpha value is -1.56. The summed E-state index contributed by atoms with van der Waals surface area (Å²) in [4.78, 5) is 23.1. The molecule has 98 valence electrons. The maximum atomic E-state index is 13.5. The number of rotatable bonds is 5. The predicted molar refractivity (Wildman–Crippen MR) is 70.2 cm³/mol. The van der Waals surface area contributed by atoms with Crippen LogP contribution in [0.2, 0.25) is 0 Å². The smallest absolute Gasteiger partial charge is 0.252 e. The maximum Gasteiger partial charge on any atom is 0.252 e. The van der Waals surface area contributed by atoms with Crippen LogP contribution in [0, 0.1) is 5.82 Å². The second-order valence-electron chi connectivity index (χ2n) is 3.86. The standard InChI is InChI=1S/C12H15FN2O2S/c1-7(6-18-2)15-12(17)8-4-3-5-9(13)10(8)11(14)16/h3-5,7H,6H2,1-2H3,(H2,14,16)(H,15,17). The summed E-state index contributed by atoms with van der Waals surface area (Å²) < 4.78 is 13.5.